The Bertz CT molecular complexity index is 279. The Hall–Kier alpha value is -0.0500. The third kappa shape index (κ3) is 1.65. The van der Waals surface area contributed by atoms with Crippen molar-refractivity contribution < 1.29 is 0 Å². The third-order valence-corrected chi connectivity index (χ3v) is 3.20. The molecule has 2 aliphatic rings. The summed E-state index contributed by atoms with van der Waals surface area (Å²) in [7, 11) is 0. The molecule has 2 rings (SSSR count). The van der Waals surface area contributed by atoms with Gasteiger partial charge in [-0.1, -0.05) is 46.9 Å². The molecule has 0 heterocycles. The zero-order valence-corrected chi connectivity index (χ0v) is 9.47. The first-order valence-electron chi connectivity index (χ1n) is 4.45. The van der Waals surface area contributed by atoms with Crippen molar-refractivity contribution in [2.45, 2.75) is 29.6 Å². The van der Waals surface area contributed by atoms with Crippen molar-refractivity contribution in [3.05, 3.63) is 35.5 Å². The van der Waals surface area contributed by atoms with Crippen molar-refractivity contribution in [1.29, 1.82) is 0 Å². The lowest BCUT2D eigenvalue weighted by atomic mass is 9.86. The topological polar surface area (TPSA) is 0 Å². The van der Waals surface area contributed by atoms with E-state index in [9.17, 15) is 0 Å². The van der Waals surface area contributed by atoms with Crippen LogP contribution in [-0.2, 0) is 0 Å². The van der Waals surface area contributed by atoms with Crippen LogP contribution in [0.2, 0.25) is 0 Å². The number of fused-ring (bicyclic) bond motifs is 1. The predicted molar refractivity (Wildman–Crippen MR) is 61.6 cm³/mol. The zero-order chi connectivity index (χ0) is 8.60. The van der Waals surface area contributed by atoms with Crippen LogP contribution < -0.4 is 0 Å². The van der Waals surface area contributed by atoms with Gasteiger partial charge in [-0.3, -0.25) is 0 Å². The lowest BCUT2D eigenvalue weighted by Gasteiger charge is -2.26. The summed E-state index contributed by atoms with van der Waals surface area (Å²) in [6.45, 7) is 2.30. The van der Waals surface area contributed by atoms with E-state index < -0.39 is 0 Å². The van der Waals surface area contributed by atoms with Gasteiger partial charge >= 0.3 is 0 Å². The number of halogens is 1. The summed E-state index contributed by atoms with van der Waals surface area (Å²) in [5.74, 6) is 0. The summed E-state index contributed by atoms with van der Waals surface area (Å²) >= 11 is 2.53. The lowest BCUT2D eigenvalue weighted by Crippen LogP contribution is -2.16. The van der Waals surface area contributed by atoms with Gasteiger partial charge in [-0.2, -0.15) is 0 Å². The molecule has 0 bridgehead atoms. The van der Waals surface area contributed by atoms with Crippen molar-refractivity contribution in [3.8, 4) is 0 Å². The quantitative estimate of drug-likeness (QED) is 0.465. The maximum absolute atomic E-state index is 2.53. The highest BCUT2D eigenvalue weighted by Gasteiger charge is 2.22. The largest absolute Gasteiger partial charge is 0.0836 e. The van der Waals surface area contributed by atoms with Crippen LogP contribution in [0.3, 0.4) is 0 Å². The number of hydrogen-bond acceptors (Lipinski definition) is 0. The molecule has 0 aromatic carbocycles. The third-order valence-electron chi connectivity index (χ3n) is 2.44. The average Bonchev–Trinajstić information content (AvgIpc) is 2.02. The Morgan fingerprint density at radius 3 is 3.17 bits per heavy atom. The van der Waals surface area contributed by atoms with Gasteiger partial charge in [0, 0.05) is 3.42 Å². The van der Waals surface area contributed by atoms with E-state index in [2.05, 4.69) is 53.8 Å². The Labute approximate surface area is 87.6 Å². The van der Waals surface area contributed by atoms with Gasteiger partial charge < -0.3 is 0 Å². The number of allylic oxidation sites excluding steroid dienone is 6. The Balaban J connectivity index is 2.34. The van der Waals surface area contributed by atoms with E-state index in [1.54, 1.807) is 5.57 Å². The molecule has 12 heavy (non-hydrogen) atoms. The van der Waals surface area contributed by atoms with Crippen LogP contribution >= 0.6 is 22.6 Å². The Morgan fingerprint density at radius 1 is 1.50 bits per heavy atom. The molecule has 0 radical (unpaired) electrons. The van der Waals surface area contributed by atoms with E-state index in [4.69, 9.17) is 0 Å². The predicted octanol–water partition coefficient (Wildman–Crippen LogP) is 3.79. The first kappa shape index (κ1) is 8.54. The second kappa shape index (κ2) is 3.02. The number of hydrogen-bond donors (Lipinski definition) is 0. The van der Waals surface area contributed by atoms with Crippen LogP contribution in [0.4, 0.5) is 0 Å². The summed E-state index contributed by atoms with van der Waals surface area (Å²) < 4.78 is 0.363. The molecule has 0 aromatic rings. The summed E-state index contributed by atoms with van der Waals surface area (Å²) in [5.41, 5.74) is 3.02. The monoisotopic (exact) mass is 272 g/mol. The molecule has 0 amide bonds. The van der Waals surface area contributed by atoms with Crippen LogP contribution in [0, 0.1) is 0 Å². The highest BCUT2D eigenvalue weighted by molar-refractivity contribution is 14.1. The maximum atomic E-state index is 2.53. The highest BCUT2D eigenvalue weighted by Crippen LogP contribution is 2.36. The Morgan fingerprint density at radius 2 is 2.33 bits per heavy atom. The average molecular weight is 272 g/mol. The van der Waals surface area contributed by atoms with Gasteiger partial charge in [0.1, 0.15) is 0 Å². The molecule has 0 N–H and O–H groups in total. The zero-order valence-electron chi connectivity index (χ0n) is 7.31. The molecule has 0 fully saturated rings. The van der Waals surface area contributed by atoms with E-state index in [-0.39, 0.29) is 0 Å². The molecule has 0 aromatic heterocycles. The number of rotatable bonds is 0. The summed E-state index contributed by atoms with van der Waals surface area (Å²) in [6, 6.07) is 0. The van der Waals surface area contributed by atoms with Crippen molar-refractivity contribution in [1.82, 2.24) is 0 Å². The van der Waals surface area contributed by atoms with E-state index in [0.29, 0.717) is 3.42 Å². The van der Waals surface area contributed by atoms with Gasteiger partial charge in [0.25, 0.3) is 0 Å². The molecule has 2 aliphatic carbocycles. The summed E-state index contributed by atoms with van der Waals surface area (Å²) in [5, 5.41) is 0. The molecule has 0 spiro atoms. The van der Waals surface area contributed by atoms with E-state index in [1.807, 2.05) is 0 Å². The fourth-order valence-corrected chi connectivity index (χ4v) is 2.38. The Kier molecular flexibility index (Phi) is 2.15. The number of alkyl halides is 1. The van der Waals surface area contributed by atoms with Crippen LogP contribution in [0.1, 0.15) is 26.2 Å². The second-order valence-corrected chi connectivity index (χ2v) is 6.22. The normalized spacial score (nSPS) is 33.8. The van der Waals surface area contributed by atoms with E-state index in [0.717, 1.165) is 0 Å². The van der Waals surface area contributed by atoms with Crippen LogP contribution in [-0.4, -0.2) is 3.42 Å². The van der Waals surface area contributed by atoms with Gasteiger partial charge in [0.15, 0.2) is 0 Å². The van der Waals surface area contributed by atoms with Gasteiger partial charge in [-0.15, -0.1) is 0 Å². The SMILES string of the molecule is C[C@@]1(I)C=C2CCC=CC2=CC1. The van der Waals surface area contributed by atoms with Gasteiger partial charge in [0.2, 0.25) is 0 Å². The fraction of sp³-hybridized carbons (Fsp3) is 0.455. The lowest BCUT2D eigenvalue weighted by molar-refractivity contribution is 0.796. The van der Waals surface area contributed by atoms with Crippen molar-refractivity contribution in [2.24, 2.45) is 0 Å². The van der Waals surface area contributed by atoms with Crippen molar-refractivity contribution in [2.75, 3.05) is 0 Å². The van der Waals surface area contributed by atoms with Crippen LogP contribution in [0.5, 0.6) is 0 Å². The van der Waals surface area contributed by atoms with Gasteiger partial charge in [0.05, 0.1) is 0 Å². The maximum Gasteiger partial charge on any atom is 0.0413 e. The van der Waals surface area contributed by atoms with E-state index in [1.165, 1.54) is 24.8 Å². The molecular weight excluding hydrogens is 259 g/mol. The molecule has 0 saturated heterocycles. The second-order valence-electron chi connectivity index (χ2n) is 3.75. The fourth-order valence-electron chi connectivity index (χ4n) is 1.79. The molecule has 0 saturated carbocycles. The first-order valence-corrected chi connectivity index (χ1v) is 5.53. The molecule has 0 aliphatic heterocycles. The minimum Gasteiger partial charge on any atom is -0.0836 e. The highest BCUT2D eigenvalue weighted by atomic mass is 127. The van der Waals surface area contributed by atoms with Crippen LogP contribution in [0.25, 0.3) is 0 Å². The van der Waals surface area contributed by atoms with Crippen LogP contribution in [0.15, 0.2) is 35.5 Å². The van der Waals surface area contributed by atoms with E-state index >= 15 is 0 Å². The van der Waals surface area contributed by atoms with Crippen molar-refractivity contribution >= 4 is 22.6 Å². The minimum atomic E-state index is 0.363. The summed E-state index contributed by atoms with van der Waals surface area (Å²) in [4.78, 5) is 0. The minimum absolute atomic E-state index is 0.363. The van der Waals surface area contributed by atoms with Crippen molar-refractivity contribution in [3.63, 3.8) is 0 Å². The van der Waals surface area contributed by atoms with Gasteiger partial charge in [-0.05, 0) is 37.3 Å². The first-order chi connectivity index (χ1) is 5.67. The molecule has 1 atom stereocenters. The molecule has 0 nitrogen and oxygen atoms in total. The summed E-state index contributed by atoms with van der Waals surface area (Å²) in [6.07, 6.45) is 13.0. The molecule has 1 heteroatoms. The standard InChI is InChI=1S/C11H13I/c1-11(12)7-6-9-4-2-3-5-10(9)8-11/h2,4,6,8H,3,5,7H2,1H3/t11-/m0/s1. The molecular formula is C11H13I. The van der Waals surface area contributed by atoms with Gasteiger partial charge in [-0.25, -0.2) is 0 Å². The molecule has 0 unspecified atom stereocenters. The smallest absolute Gasteiger partial charge is 0.0413 e. The molecule has 64 valence electrons.